The third-order valence-corrected chi connectivity index (χ3v) is 6.29. The van der Waals surface area contributed by atoms with Gasteiger partial charge in [0.05, 0.1) is 0 Å². The van der Waals surface area contributed by atoms with Crippen molar-refractivity contribution >= 4 is 11.7 Å². The Balaban J connectivity index is 1.34. The number of piperazine rings is 1. The SMILES string of the molecule is CCN1C[C@H]2C[C@@H]1CN2C(=O)c1cccc(COc2ccc(CCC(C)=O)cc2)c1. The normalized spacial score (nSPS) is 20.5. The van der Waals surface area contributed by atoms with Crippen LogP contribution in [0.4, 0.5) is 0 Å². The molecule has 2 atom stereocenters. The lowest BCUT2D eigenvalue weighted by molar-refractivity contribution is -0.116. The standard InChI is InChI=1S/C25H30N2O3/c1-3-26-15-23-14-22(26)16-27(23)25(29)21-6-4-5-20(13-21)17-30-24-11-9-19(10-12-24)8-7-18(2)28/h4-6,9-13,22-23H,3,7-8,14-17H2,1-2H3/t22-,23-/m1/s1. The number of amides is 1. The van der Waals surface area contributed by atoms with Crippen LogP contribution in [0.2, 0.25) is 0 Å². The van der Waals surface area contributed by atoms with Gasteiger partial charge in [0.25, 0.3) is 5.91 Å². The molecule has 2 heterocycles. The van der Waals surface area contributed by atoms with Gasteiger partial charge >= 0.3 is 0 Å². The van der Waals surface area contributed by atoms with Gasteiger partial charge in [0.1, 0.15) is 18.1 Å². The van der Waals surface area contributed by atoms with E-state index >= 15 is 0 Å². The number of likely N-dealkylation sites (N-methyl/N-ethyl adjacent to an activating group) is 1. The van der Waals surface area contributed by atoms with E-state index in [9.17, 15) is 9.59 Å². The van der Waals surface area contributed by atoms with Crippen LogP contribution in [0.25, 0.3) is 0 Å². The average molecular weight is 407 g/mol. The molecule has 5 nitrogen and oxygen atoms in total. The number of carbonyl (C=O) groups excluding carboxylic acids is 2. The van der Waals surface area contributed by atoms with Gasteiger partial charge < -0.3 is 14.4 Å². The fraction of sp³-hybridized carbons (Fsp3) is 0.440. The molecule has 2 bridgehead atoms. The van der Waals surface area contributed by atoms with Crippen molar-refractivity contribution in [3.63, 3.8) is 0 Å². The van der Waals surface area contributed by atoms with E-state index in [1.165, 1.54) is 0 Å². The molecule has 1 amide bonds. The number of likely N-dealkylation sites (tertiary alicyclic amines) is 2. The Morgan fingerprint density at radius 2 is 1.83 bits per heavy atom. The molecule has 2 saturated heterocycles. The summed E-state index contributed by atoms with van der Waals surface area (Å²) >= 11 is 0. The van der Waals surface area contributed by atoms with Crippen LogP contribution in [-0.2, 0) is 17.8 Å². The molecule has 0 spiro atoms. The summed E-state index contributed by atoms with van der Waals surface area (Å²) in [6.45, 7) is 7.13. The summed E-state index contributed by atoms with van der Waals surface area (Å²) in [6, 6.07) is 16.5. The zero-order chi connectivity index (χ0) is 21.1. The summed E-state index contributed by atoms with van der Waals surface area (Å²) in [6.07, 6.45) is 2.43. The van der Waals surface area contributed by atoms with Gasteiger partial charge in [0, 0.05) is 37.2 Å². The summed E-state index contributed by atoms with van der Waals surface area (Å²) in [5.74, 6) is 1.12. The quantitative estimate of drug-likeness (QED) is 0.671. The number of ketones is 1. The molecule has 2 aliphatic rings. The number of ether oxygens (including phenoxy) is 1. The van der Waals surface area contributed by atoms with Crippen molar-refractivity contribution in [3.05, 3.63) is 65.2 Å². The van der Waals surface area contributed by atoms with E-state index in [1.54, 1.807) is 6.92 Å². The van der Waals surface area contributed by atoms with Crippen molar-refractivity contribution in [2.75, 3.05) is 19.6 Å². The van der Waals surface area contributed by atoms with E-state index in [-0.39, 0.29) is 11.7 Å². The van der Waals surface area contributed by atoms with Crippen molar-refractivity contribution in [2.45, 2.75) is 51.8 Å². The Morgan fingerprint density at radius 3 is 2.50 bits per heavy atom. The van der Waals surface area contributed by atoms with E-state index in [4.69, 9.17) is 4.74 Å². The maximum absolute atomic E-state index is 13.0. The van der Waals surface area contributed by atoms with E-state index in [0.29, 0.717) is 25.1 Å². The third kappa shape index (κ3) is 4.57. The molecule has 158 valence electrons. The van der Waals surface area contributed by atoms with Crippen LogP contribution in [0, 0.1) is 0 Å². The number of benzene rings is 2. The first kappa shape index (κ1) is 20.6. The maximum atomic E-state index is 13.0. The highest BCUT2D eigenvalue weighted by molar-refractivity contribution is 5.95. The zero-order valence-electron chi connectivity index (χ0n) is 17.8. The number of rotatable bonds is 8. The van der Waals surface area contributed by atoms with Gasteiger partial charge in [0.2, 0.25) is 0 Å². The summed E-state index contributed by atoms with van der Waals surface area (Å²) < 4.78 is 5.91. The van der Waals surface area contributed by atoms with Crippen LogP contribution in [0.5, 0.6) is 5.75 Å². The van der Waals surface area contributed by atoms with E-state index in [1.807, 2.05) is 48.5 Å². The number of hydrogen-bond acceptors (Lipinski definition) is 4. The minimum Gasteiger partial charge on any atom is -0.489 e. The molecule has 0 aliphatic carbocycles. The smallest absolute Gasteiger partial charge is 0.254 e. The molecular formula is C25H30N2O3. The first-order chi connectivity index (χ1) is 14.5. The Morgan fingerprint density at radius 1 is 1.03 bits per heavy atom. The Kier molecular flexibility index (Phi) is 6.18. The van der Waals surface area contributed by atoms with Gasteiger partial charge in [0.15, 0.2) is 0 Å². The van der Waals surface area contributed by atoms with Crippen LogP contribution in [0.1, 0.15) is 48.2 Å². The number of Topliss-reactive ketones (excluding diaryl/α,β-unsaturated/α-hetero) is 1. The van der Waals surface area contributed by atoms with Gasteiger partial charge in [-0.05, 0) is 61.7 Å². The molecule has 4 rings (SSSR count). The van der Waals surface area contributed by atoms with Crippen LogP contribution < -0.4 is 4.74 Å². The number of hydrogen-bond donors (Lipinski definition) is 0. The number of carbonyl (C=O) groups is 2. The summed E-state index contributed by atoms with van der Waals surface area (Å²) in [7, 11) is 0. The first-order valence-electron chi connectivity index (χ1n) is 10.9. The van der Waals surface area contributed by atoms with Crippen molar-refractivity contribution in [1.82, 2.24) is 9.80 Å². The molecule has 5 heteroatoms. The van der Waals surface area contributed by atoms with Crippen LogP contribution in [0.15, 0.2) is 48.5 Å². The van der Waals surface area contributed by atoms with E-state index in [2.05, 4.69) is 16.7 Å². The molecule has 0 saturated carbocycles. The zero-order valence-corrected chi connectivity index (χ0v) is 17.8. The number of aryl methyl sites for hydroxylation is 1. The predicted molar refractivity (Wildman–Crippen MR) is 117 cm³/mol. The minimum absolute atomic E-state index is 0.134. The molecule has 2 fully saturated rings. The van der Waals surface area contributed by atoms with Crippen LogP contribution >= 0.6 is 0 Å². The monoisotopic (exact) mass is 406 g/mol. The molecule has 0 N–H and O–H groups in total. The molecule has 2 aromatic rings. The number of nitrogens with zero attached hydrogens (tertiary/aromatic N) is 2. The van der Waals surface area contributed by atoms with Gasteiger partial charge in [-0.15, -0.1) is 0 Å². The second-order valence-electron chi connectivity index (χ2n) is 8.42. The lowest BCUT2D eigenvalue weighted by Gasteiger charge is -2.33. The Labute approximate surface area is 178 Å². The molecule has 0 unspecified atom stereocenters. The topological polar surface area (TPSA) is 49.9 Å². The molecule has 30 heavy (non-hydrogen) atoms. The molecule has 2 aromatic carbocycles. The van der Waals surface area contributed by atoms with Gasteiger partial charge in [-0.3, -0.25) is 9.69 Å². The fourth-order valence-electron chi connectivity index (χ4n) is 4.58. The summed E-state index contributed by atoms with van der Waals surface area (Å²) in [5, 5.41) is 0. The highest BCUT2D eigenvalue weighted by atomic mass is 16.5. The Hall–Kier alpha value is -2.66. The minimum atomic E-state index is 0.134. The average Bonchev–Trinajstić information content (AvgIpc) is 3.37. The molecular weight excluding hydrogens is 376 g/mol. The van der Waals surface area contributed by atoms with Gasteiger partial charge in [-0.1, -0.05) is 31.2 Å². The summed E-state index contributed by atoms with van der Waals surface area (Å²) in [4.78, 5) is 28.7. The van der Waals surface area contributed by atoms with Crippen LogP contribution in [0.3, 0.4) is 0 Å². The van der Waals surface area contributed by atoms with Crippen molar-refractivity contribution in [3.8, 4) is 5.75 Å². The fourth-order valence-corrected chi connectivity index (χ4v) is 4.58. The van der Waals surface area contributed by atoms with E-state index < -0.39 is 0 Å². The van der Waals surface area contributed by atoms with Crippen molar-refractivity contribution in [1.29, 1.82) is 0 Å². The highest BCUT2D eigenvalue weighted by Gasteiger charge is 2.44. The summed E-state index contributed by atoms with van der Waals surface area (Å²) in [5.41, 5.74) is 2.86. The molecule has 0 aromatic heterocycles. The number of fused-ring (bicyclic) bond motifs is 2. The van der Waals surface area contributed by atoms with Crippen molar-refractivity contribution in [2.24, 2.45) is 0 Å². The predicted octanol–water partition coefficient (Wildman–Crippen LogP) is 3.71. The molecule has 0 radical (unpaired) electrons. The van der Waals surface area contributed by atoms with Gasteiger partial charge in [-0.25, -0.2) is 0 Å². The lowest BCUT2D eigenvalue weighted by atomic mass is 10.1. The van der Waals surface area contributed by atoms with Crippen LogP contribution in [-0.4, -0.2) is 53.2 Å². The van der Waals surface area contributed by atoms with Gasteiger partial charge in [-0.2, -0.15) is 0 Å². The van der Waals surface area contributed by atoms with Crippen molar-refractivity contribution < 1.29 is 14.3 Å². The third-order valence-electron chi connectivity index (χ3n) is 6.29. The maximum Gasteiger partial charge on any atom is 0.254 e. The lowest BCUT2D eigenvalue weighted by Crippen LogP contribution is -2.48. The van der Waals surface area contributed by atoms with E-state index in [0.717, 1.165) is 54.9 Å². The first-order valence-corrected chi connectivity index (χ1v) is 10.9. The highest BCUT2D eigenvalue weighted by Crippen LogP contribution is 2.31. The Bertz CT molecular complexity index is 909. The largest absolute Gasteiger partial charge is 0.489 e. The molecule has 2 aliphatic heterocycles. The second kappa shape index (κ2) is 9.00. The second-order valence-corrected chi connectivity index (χ2v) is 8.42.